The first-order valence-electron chi connectivity index (χ1n) is 9.42. The van der Waals surface area contributed by atoms with Crippen molar-refractivity contribution in [1.82, 2.24) is 0 Å². The van der Waals surface area contributed by atoms with Crippen LogP contribution in [-0.2, 0) is 6.42 Å². The Morgan fingerprint density at radius 1 is 1.19 bits per heavy atom. The van der Waals surface area contributed by atoms with E-state index in [0.717, 1.165) is 43.7 Å². The van der Waals surface area contributed by atoms with Crippen molar-refractivity contribution in [3.05, 3.63) is 53.6 Å². The van der Waals surface area contributed by atoms with E-state index in [9.17, 15) is 4.79 Å². The van der Waals surface area contributed by atoms with Crippen molar-refractivity contribution in [3.63, 3.8) is 0 Å². The lowest BCUT2D eigenvalue weighted by atomic mass is 10.1. The van der Waals surface area contributed by atoms with Gasteiger partial charge in [0.1, 0.15) is 5.75 Å². The molecule has 1 amide bonds. The molecule has 2 aromatic carbocycles. The Bertz CT molecular complexity index is 770. The maximum Gasteiger partial charge on any atom is 0.258 e. The Kier molecular flexibility index (Phi) is 5.82. The summed E-state index contributed by atoms with van der Waals surface area (Å²) in [4.78, 5) is 15.1. The molecule has 0 unspecified atom stereocenters. The van der Waals surface area contributed by atoms with E-state index in [-0.39, 0.29) is 5.91 Å². The SMILES string of the molecule is COc1cc(C(=O)N2CCCCc3ccccc32)ccc1NCC(C)C. The molecule has 0 aliphatic carbocycles. The van der Waals surface area contributed by atoms with Gasteiger partial charge in [0.15, 0.2) is 0 Å². The molecular formula is C22H28N2O2. The van der Waals surface area contributed by atoms with Gasteiger partial charge in [-0.15, -0.1) is 0 Å². The lowest BCUT2D eigenvalue weighted by Crippen LogP contribution is -2.31. The summed E-state index contributed by atoms with van der Waals surface area (Å²) in [6, 6.07) is 13.9. The maximum atomic E-state index is 13.2. The van der Waals surface area contributed by atoms with Crippen LogP contribution < -0.4 is 15.0 Å². The number of fused-ring (bicyclic) bond motifs is 1. The molecule has 1 aliphatic rings. The minimum atomic E-state index is 0.0352. The molecule has 0 fully saturated rings. The zero-order chi connectivity index (χ0) is 18.5. The number of para-hydroxylation sites is 1. The maximum absolute atomic E-state index is 13.2. The molecule has 1 N–H and O–H groups in total. The molecule has 26 heavy (non-hydrogen) atoms. The van der Waals surface area contributed by atoms with Crippen LogP contribution in [0.5, 0.6) is 5.75 Å². The molecule has 0 saturated heterocycles. The number of aryl methyl sites for hydroxylation is 1. The first-order valence-corrected chi connectivity index (χ1v) is 9.42. The fourth-order valence-corrected chi connectivity index (χ4v) is 3.34. The molecule has 1 aliphatic heterocycles. The molecular weight excluding hydrogens is 324 g/mol. The van der Waals surface area contributed by atoms with Gasteiger partial charge in [-0.3, -0.25) is 4.79 Å². The number of carbonyl (C=O) groups excluding carboxylic acids is 1. The van der Waals surface area contributed by atoms with Crippen molar-refractivity contribution in [2.24, 2.45) is 5.92 Å². The molecule has 0 bridgehead atoms. The Morgan fingerprint density at radius 2 is 2.00 bits per heavy atom. The van der Waals surface area contributed by atoms with E-state index in [1.807, 2.05) is 41.3 Å². The second-order valence-electron chi connectivity index (χ2n) is 7.23. The molecule has 0 radical (unpaired) electrons. The second kappa shape index (κ2) is 8.26. The highest BCUT2D eigenvalue weighted by atomic mass is 16.5. The van der Waals surface area contributed by atoms with Gasteiger partial charge >= 0.3 is 0 Å². The summed E-state index contributed by atoms with van der Waals surface area (Å²) < 4.78 is 5.52. The summed E-state index contributed by atoms with van der Waals surface area (Å²) >= 11 is 0. The Hall–Kier alpha value is -2.49. The topological polar surface area (TPSA) is 41.6 Å². The van der Waals surface area contributed by atoms with Crippen LogP contribution in [0.15, 0.2) is 42.5 Å². The van der Waals surface area contributed by atoms with E-state index >= 15 is 0 Å². The summed E-state index contributed by atoms with van der Waals surface area (Å²) in [5.74, 6) is 1.28. The van der Waals surface area contributed by atoms with Crippen LogP contribution in [0.3, 0.4) is 0 Å². The third kappa shape index (κ3) is 4.01. The molecule has 4 heteroatoms. The highest BCUT2D eigenvalue weighted by Crippen LogP contribution is 2.30. The summed E-state index contributed by atoms with van der Waals surface area (Å²) in [7, 11) is 1.64. The second-order valence-corrected chi connectivity index (χ2v) is 7.23. The minimum absolute atomic E-state index is 0.0352. The number of hydrogen-bond acceptors (Lipinski definition) is 3. The van der Waals surface area contributed by atoms with Crippen LogP contribution in [0.4, 0.5) is 11.4 Å². The van der Waals surface area contributed by atoms with Crippen molar-refractivity contribution < 1.29 is 9.53 Å². The number of ether oxygens (including phenoxy) is 1. The van der Waals surface area contributed by atoms with Gasteiger partial charge < -0.3 is 15.0 Å². The van der Waals surface area contributed by atoms with Gasteiger partial charge in [0.2, 0.25) is 0 Å². The van der Waals surface area contributed by atoms with Crippen molar-refractivity contribution in [1.29, 1.82) is 0 Å². The van der Waals surface area contributed by atoms with E-state index in [0.29, 0.717) is 17.2 Å². The van der Waals surface area contributed by atoms with E-state index in [1.54, 1.807) is 7.11 Å². The van der Waals surface area contributed by atoms with Crippen molar-refractivity contribution in [2.45, 2.75) is 33.1 Å². The standard InChI is InChI=1S/C22H28N2O2/c1-16(2)15-23-19-12-11-18(14-21(19)26-3)22(25)24-13-7-6-9-17-8-4-5-10-20(17)24/h4-5,8,10-12,14,16,23H,6-7,9,13,15H2,1-3H3. The summed E-state index contributed by atoms with van der Waals surface area (Å²) in [6.07, 6.45) is 3.16. The third-order valence-corrected chi connectivity index (χ3v) is 4.75. The third-order valence-electron chi connectivity index (χ3n) is 4.75. The summed E-state index contributed by atoms with van der Waals surface area (Å²) in [5.41, 5.74) is 3.87. The van der Waals surface area contributed by atoms with Crippen LogP contribution in [0, 0.1) is 5.92 Å². The van der Waals surface area contributed by atoms with Gasteiger partial charge in [0.25, 0.3) is 5.91 Å². The Labute approximate surface area is 156 Å². The number of hydrogen-bond donors (Lipinski definition) is 1. The Morgan fingerprint density at radius 3 is 2.77 bits per heavy atom. The number of benzene rings is 2. The fourth-order valence-electron chi connectivity index (χ4n) is 3.34. The van der Waals surface area contributed by atoms with E-state index in [4.69, 9.17) is 4.74 Å². The van der Waals surface area contributed by atoms with Crippen molar-refractivity contribution in [2.75, 3.05) is 30.4 Å². The molecule has 3 rings (SSSR count). The van der Waals surface area contributed by atoms with Crippen LogP contribution in [0.1, 0.15) is 42.6 Å². The zero-order valence-corrected chi connectivity index (χ0v) is 15.9. The number of carbonyl (C=O) groups is 1. The zero-order valence-electron chi connectivity index (χ0n) is 15.9. The van der Waals surface area contributed by atoms with Crippen molar-refractivity contribution >= 4 is 17.3 Å². The number of nitrogens with one attached hydrogen (secondary N) is 1. The minimum Gasteiger partial charge on any atom is -0.495 e. The summed E-state index contributed by atoms with van der Waals surface area (Å²) in [6.45, 7) is 5.94. The van der Waals surface area contributed by atoms with Gasteiger partial charge in [-0.25, -0.2) is 0 Å². The number of amides is 1. The largest absolute Gasteiger partial charge is 0.495 e. The smallest absolute Gasteiger partial charge is 0.258 e. The van der Waals surface area contributed by atoms with Crippen molar-refractivity contribution in [3.8, 4) is 5.75 Å². The van der Waals surface area contributed by atoms with E-state index in [1.165, 1.54) is 5.56 Å². The number of rotatable bonds is 5. The van der Waals surface area contributed by atoms with Crippen LogP contribution >= 0.6 is 0 Å². The van der Waals surface area contributed by atoms with Crippen LogP contribution in [0.2, 0.25) is 0 Å². The molecule has 1 heterocycles. The first-order chi connectivity index (χ1) is 12.6. The Balaban J connectivity index is 1.88. The summed E-state index contributed by atoms with van der Waals surface area (Å²) in [5, 5.41) is 3.39. The quantitative estimate of drug-likeness (QED) is 0.844. The number of nitrogens with zero attached hydrogens (tertiary/aromatic N) is 1. The average Bonchev–Trinajstić information content (AvgIpc) is 2.88. The normalized spacial score (nSPS) is 13.9. The lowest BCUT2D eigenvalue weighted by molar-refractivity contribution is 0.0986. The lowest BCUT2D eigenvalue weighted by Gasteiger charge is -2.23. The monoisotopic (exact) mass is 352 g/mol. The number of anilines is 2. The number of methoxy groups -OCH3 is 1. The highest BCUT2D eigenvalue weighted by Gasteiger charge is 2.23. The molecule has 0 aromatic heterocycles. The van der Waals surface area contributed by atoms with E-state index in [2.05, 4.69) is 25.2 Å². The van der Waals surface area contributed by atoms with Gasteiger partial charge in [-0.2, -0.15) is 0 Å². The van der Waals surface area contributed by atoms with Gasteiger partial charge in [0, 0.05) is 24.3 Å². The van der Waals surface area contributed by atoms with E-state index < -0.39 is 0 Å². The molecule has 0 spiro atoms. The fraction of sp³-hybridized carbons (Fsp3) is 0.409. The van der Waals surface area contributed by atoms with Gasteiger partial charge in [0.05, 0.1) is 12.8 Å². The molecule has 0 saturated carbocycles. The molecule has 4 nitrogen and oxygen atoms in total. The van der Waals surface area contributed by atoms with Crippen LogP contribution in [-0.4, -0.2) is 26.1 Å². The molecule has 2 aromatic rings. The van der Waals surface area contributed by atoms with Gasteiger partial charge in [-0.1, -0.05) is 32.0 Å². The predicted octanol–water partition coefficient (Wildman–Crippen LogP) is 4.75. The molecule has 0 atom stereocenters. The average molecular weight is 352 g/mol. The predicted molar refractivity (Wildman–Crippen MR) is 107 cm³/mol. The first kappa shape index (κ1) is 18.3. The van der Waals surface area contributed by atoms with Crippen LogP contribution in [0.25, 0.3) is 0 Å². The molecule has 138 valence electrons. The highest BCUT2D eigenvalue weighted by molar-refractivity contribution is 6.07. The van der Waals surface area contributed by atoms with Gasteiger partial charge in [-0.05, 0) is 55.0 Å².